The van der Waals surface area contributed by atoms with Crippen molar-refractivity contribution in [1.82, 2.24) is 0 Å². The normalized spacial score (nSPS) is 11.2. The first-order valence-electron chi connectivity index (χ1n) is 6.28. The van der Waals surface area contributed by atoms with E-state index in [9.17, 15) is 4.79 Å². The van der Waals surface area contributed by atoms with Crippen molar-refractivity contribution >= 4 is 23.4 Å². The van der Waals surface area contributed by atoms with Crippen LogP contribution in [0.5, 0.6) is 0 Å². The van der Waals surface area contributed by atoms with Crippen LogP contribution in [0.1, 0.15) is 43.0 Å². The molecule has 1 aromatic heterocycles. The van der Waals surface area contributed by atoms with Gasteiger partial charge in [-0.05, 0) is 29.5 Å². The van der Waals surface area contributed by atoms with E-state index in [4.69, 9.17) is 9.84 Å². The lowest BCUT2D eigenvalue weighted by atomic mass is 10.2. The Balaban J connectivity index is 2.21. The summed E-state index contributed by atoms with van der Waals surface area (Å²) in [6.45, 7) is 3.62. The van der Waals surface area contributed by atoms with E-state index in [1.807, 2.05) is 11.4 Å². The van der Waals surface area contributed by atoms with Crippen molar-refractivity contribution in [3.8, 4) is 0 Å². The third-order valence-corrected chi connectivity index (χ3v) is 3.41. The second kappa shape index (κ2) is 8.89. The van der Waals surface area contributed by atoms with Crippen molar-refractivity contribution in [3.63, 3.8) is 0 Å². The van der Waals surface area contributed by atoms with Crippen molar-refractivity contribution in [2.45, 2.75) is 39.2 Å². The van der Waals surface area contributed by atoms with Gasteiger partial charge in [-0.15, -0.1) is 11.3 Å². The van der Waals surface area contributed by atoms with Crippen LogP contribution in [0.25, 0.3) is 6.08 Å². The summed E-state index contributed by atoms with van der Waals surface area (Å²) in [6.07, 6.45) is 7.61. The van der Waals surface area contributed by atoms with Crippen LogP contribution >= 0.6 is 11.3 Å². The highest BCUT2D eigenvalue weighted by molar-refractivity contribution is 7.10. The fourth-order valence-electron chi connectivity index (χ4n) is 1.53. The fourth-order valence-corrected chi connectivity index (χ4v) is 2.32. The second-order valence-corrected chi connectivity index (χ2v) is 5.13. The van der Waals surface area contributed by atoms with Crippen molar-refractivity contribution < 1.29 is 14.6 Å². The molecule has 100 valence electrons. The van der Waals surface area contributed by atoms with E-state index in [-0.39, 0.29) is 0 Å². The zero-order valence-electron chi connectivity index (χ0n) is 10.7. The second-order valence-electron chi connectivity index (χ2n) is 4.13. The van der Waals surface area contributed by atoms with Gasteiger partial charge < -0.3 is 9.84 Å². The van der Waals surface area contributed by atoms with Crippen molar-refractivity contribution in [2.24, 2.45) is 0 Å². The van der Waals surface area contributed by atoms with Crippen LogP contribution in [-0.2, 0) is 16.1 Å². The Morgan fingerprint density at radius 3 is 3.00 bits per heavy atom. The Morgan fingerprint density at radius 1 is 1.44 bits per heavy atom. The minimum absolute atomic E-state index is 0.623. The average molecular weight is 268 g/mol. The number of hydrogen-bond donors (Lipinski definition) is 1. The molecule has 0 unspecified atom stereocenters. The van der Waals surface area contributed by atoms with Crippen LogP contribution in [0.4, 0.5) is 0 Å². The molecule has 1 rings (SSSR count). The maximum atomic E-state index is 10.4. The van der Waals surface area contributed by atoms with Gasteiger partial charge in [-0.25, -0.2) is 4.79 Å². The fraction of sp³-hybridized carbons (Fsp3) is 0.500. The molecule has 0 radical (unpaired) electrons. The summed E-state index contributed by atoms with van der Waals surface area (Å²) >= 11 is 1.60. The lowest BCUT2D eigenvalue weighted by Crippen LogP contribution is -1.93. The Kier molecular flexibility index (Phi) is 7.37. The van der Waals surface area contributed by atoms with Crippen LogP contribution in [0.15, 0.2) is 17.5 Å². The Labute approximate surface area is 112 Å². The first kappa shape index (κ1) is 14.9. The van der Waals surface area contributed by atoms with Gasteiger partial charge >= 0.3 is 5.97 Å². The van der Waals surface area contributed by atoms with Gasteiger partial charge in [0.25, 0.3) is 0 Å². The number of hydrogen-bond acceptors (Lipinski definition) is 3. The van der Waals surface area contributed by atoms with E-state index in [1.165, 1.54) is 19.3 Å². The standard InChI is InChI=1S/C14H20O3S/c1-2-3-4-5-8-17-10-13-9-12(11-18-13)6-7-14(15)16/h6-7,9,11H,2-5,8,10H2,1H3,(H,15,16). The van der Waals surface area contributed by atoms with E-state index < -0.39 is 5.97 Å². The maximum Gasteiger partial charge on any atom is 0.328 e. The number of carboxylic acids is 1. The molecule has 0 aromatic carbocycles. The van der Waals surface area contributed by atoms with E-state index in [1.54, 1.807) is 17.4 Å². The lowest BCUT2D eigenvalue weighted by molar-refractivity contribution is -0.131. The van der Waals surface area contributed by atoms with Crippen LogP contribution in [0, 0.1) is 0 Å². The molecular formula is C14H20O3S. The molecule has 1 heterocycles. The molecule has 0 spiro atoms. The third-order valence-electron chi connectivity index (χ3n) is 2.48. The number of carbonyl (C=O) groups is 1. The highest BCUT2D eigenvalue weighted by Gasteiger charge is 1.98. The quantitative estimate of drug-likeness (QED) is 0.545. The highest BCUT2D eigenvalue weighted by Crippen LogP contribution is 2.17. The van der Waals surface area contributed by atoms with E-state index in [2.05, 4.69) is 6.92 Å². The molecule has 1 aromatic rings. The molecule has 0 atom stereocenters. The number of aliphatic carboxylic acids is 1. The maximum absolute atomic E-state index is 10.4. The van der Waals surface area contributed by atoms with Crippen LogP contribution in [0.3, 0.4) is 0 Å². The zero-order chi connectivity index (χ0) is 13.2. The molecule has 0 saturated carbocycles. The van der Waals surface area contributed by atoms with Gasteiger partial charge in [0.2, 0.25) is 0 Å². The number of unbranched alkanes of at least 4 members (excludes halogenated alkanes) is 3. The van der Waals surface area contributed by atoms with E-state index in [0.29, 0.717) is 6.61 Å². The molecule has 0 aliphatic heterocycles. The molecule has 0 saturated heterocycles. The first-order valence-corrected chi connectivity index (χ1v) is 7.16. The zero-order valence-corrected chi connectivity index (χ0v) is 11.5. The van der Waals surface area contributed by atoms with Gasteiger partial charge in [-0.3, -0.25) is 0 Å². The first-order chi connectivity index (χ1) is 8.72. The number of ether oxygens (including phenoxy) is 1. The Morgan fingerprint density at radius 2 is 2.28 bits per heavy atom. The minimum Gasteiger partial charge on any atom is -0.478 e. The van der Waals surface area contributed by atoms with Crippen molar-refractivity contribution in [2.75, 3.05) is 6.61 Å². The predicted molar refractivity (Wildman–Crippen MR) is 74.8 cm³/mol. The molecular weight excluding hydrogens is 248 g/mol. The summed E-state index contributed by atoms with van der Waals surface area (Å²) in [6, 6.07) is 1.97. The summed E-state index contributed by atoms with van der Waals surface area (Å²) in [5.41, 5.74) is 0.923. The molecule has 18 heavy (non-hydrogen) atoms. The number of carboxylic acid groups (broad SMARTS) is 1. The van der Waals surface area contributed by atoms with Crippen LogP contribution < -0.4 is 0 Å². The van der Waals surface area contributed by atoms with Crippen LogP contribution in [0.2, 0.25) is 0 Å². The lowest BCUT2D eigenvalue weighted by Gasteiger charge is -2.01. The monoisotopic (exact) mass is 268 g/mol. The molecule has 0 fully saturated rings. The Hall–Kier alpha value is -1.13. The largest absolute Gasteiger partial charge is 0.478 e. The summed E-state index contributed by atoms with van der Waals surface area (Å²) in [5, 5.41) is 10.5. The summed E-state index contributed by atoms with van der Waals surface area (Å²) in [7, 11) is 0. The van der Waals surface area contributed by atoms with Gasteiger partial charge in [-0.2, -0.15) is 0 Å². The topological polar surface area (TPSA) is 46.5 Å². The summed E-state index contributed by atoms with van der Waals surface area (Å²) < 4.78 is 5.58. The van der Waals surface area contributed by atoms with Gasteiger partial charge in [0, 0.05) is 17.6 Å². The number of thiophene rings is 1. The van der Waals surface area contributed by atoms with Crippen molar-refractivity contribution in [1.29, 1.82) is 0 Å². The smallest absolute Gasteiger partial charge is 0.328 e. The van der Waals surface area contributed by atoms with Gasteiger partial charge in [0.15, 0.2) is 0 Å². The molecule has 1 N–H and O–H groups in total. The van der Waals surface area contributed by atoms with Gasteiger partial charge in [0.1, 0.15) is 0 Å². The number of rotatable bonds is 9. The van der Waals surface area contributed by atoms with Crippen LogP contribution in [-0.4, -0.2) is 17.7 Å². The summed E-state index contributed by atoms with van der Waals surface area (Å²) in [5.74, 6) is -0.921. The highest BCUT2D eigenvalue weighted by atomic mass is 32.1. The molecule has 0 amide bonds. The SMILES string of the molecule is CCCCCCOCc1cc(C=CC(=O)O)cs1. The minimum atomic E-state index is -0.921. The molecule has 4 heteroatoms. The van der Waals surface area contributed by atoms with Gasteiger partial charge in [0.05, 0.1) is 6.61 Å². The molecule has 3 nitrogen and oxygen atoms in total. The van der Waals surface area contributed by atoms with Crippen molar-refractivity contribution in [3.05, 3.63) is 28.0 Å². The van der Waals surface area contributed by atoms with Gasteiger partial charge in [-0.1, -0.05) is 26.2 Å². The summed E-state index contributed by atoms with van der Waals surface area (Å²) in [4.78, 5) is 11.5. The molecule has 0 aliphatic rings. The third kappa shape index (κ3) is 6.57. The average Bonchev–Trinajstić information content (AvgIpc) is 2.79. The Bertz CT molecular complexity index is 382. The molecule has 0 bridgehead atoms. The van der Waals surface area contributed by atoms with E-state index >= 15 is 0 Å². The molecule has 0 aliphatic carbocycles. The van der Waals surface area contributed by atoms with E-state index in [0.717, 1.165) is 29.5 Å². The predicted octanol–water partition coefficient (Wildman–Crippen LogP) is 3.94.